The number of aromatic hydroxyl groups is 1. The molecule has 0 aliphatic carbocycles. The zero-order valence-electron chi connectivity index (χ0n) is 8.59. The van der Waals surface area contributed by atoms with E-state index in [2.05, 4.69) is 5.32 Å². The van der Waals surface area contributed by atoms with Gasteiger partial charge in [-0.2, -0.15) is 0 Å². The van der Waals surface area contributed by atoms with Crippen LogP contribution in [0, 0.1) is 5.82 Å². The molecule has 2 nitrogen and oxygen atoms in total. The average molecular weight is 227 g/mol. The predicted octanol–water partition coefficient (Wildman–Crippen LogP) is 2.68. The van der Waals surface area contributed by atoms with Crippen molar-refractivity contribution in [2.45, 2.75) is 23.8 Å². The van der Waals surface area contributed by atoms with E-state index in [0.29, 0.717) is 10.5 Å². The van der Waals surface area contributed by atoms with Gasteiger partial charge in [-0.1, -0.05) is 6.07 Å². The van der Waals surface area contributed by atoms with Gasteiger partial charge in [0.1, 0.15) is 11.6 Å². The van der Waals surface area contributed by atoms with Gasteiger partial charge in [0.15, 0.2) is 0 Å². The third kappa shape index (κ3) is 1.96. The van der Waals surface area contributed by atoms with Gasteiger partial charge in [-0.15, -0.1) is 11.8 Å². The van der Waals surface area contributed by atoms with Crippen LogP contribution in [0.25, 0.3) is 0 Å². The fourth-order valence-corrected chi connectivity index (χ4v) is 2.55. The lowest BCUT2D eigenvalue weighted by Crippen LogP contribution is -2.14. The summed E-state index contributed by atoms with van der Waals surface area (Å²) in [6, 6.07) is 3.36. The fourth-order valence-electron chi connectivity index (χ4n) is 1.97. The molecule has 1 heterocycles. The zero-order valence-corrected chi connectivity index (χ0v) is 9.40. The first-order chi connectivity index (χ1) is 7.24. The molecule has 1 aromatic carbocycles. The van der Waals surface area contributed by atoms with Gasteiger partial charge in [-0.3, -0.25) is 0 Å². The Morgan fingerprint density at radius 3 is 2.93 bits per heavy atom. The maximum absolute atomic E-state index is 14.0. The first-order valence-electron chi connectivity index (χ1n) is 5.02. The van der Waals surface area contributed by atoms with E-state index in [1.165, 1.54) is 11.8 Å². The number of nitrogens with one attached hydrogen (secondary N) is 1. The van der Waals surface area contributed by atoms with Crippen LogP contribution in [0.3, 0.4) is 0 Å². The SMILES string of the molecule is CSc1c(O)ccc(C2CCCN2)c1F. The summed E-state index contributed by atoms with van der Waals surface area (Å²) in [5, 5.41) is 12.7. The lowest BCUT2D eigenvalue weighted by molar-refractivity contribution is 0.444. The largest absolute Gasteiger partial charge is 0.507 e. The highest BCUT2D eigenvalue weighted by Gasteiger charge is 2.22. The quantitative estimate of drug-likeness (QED) is 0.762. The fraction of sp³-hybridized carbons (Fsp3) is 0.455. The Morgan fingerprint density at radius 1 is 1.53 bits per heavy atom. The Bertz CT molecular complexity index is 364. The predicted molar refractivity (Wildman–Crippen MR) is 59.8 cm³/mol. The van der Waals surface area contributed by atoms with Crippen LogP contribution >= 0.6 is 11.8 Å². The summed E-state index contributed by atoms with van der Waals surface area (Å²) in [6.07, 6.45) is 3.82. The molecule has 1 aliphatic heterocycles. The molecule has 2 N–H and O–H groups in total. The van der Waals surface area contributed by atoms with Crippen molar-refractivity contribution in [1.29, 1.82) is 0 Å². The van der Waals surface area contributed by atoms with Gasteiger partial charge in [0.25, 0.3) is 0 Å². The van der Waals surface area contributed by atoms with E-state index < -0.39 is 0 Å². The molecule has 0 saturated carbocycles. The van der Waals surface area contributed by atoms with Gasteiger partial charge in [-0.05, 0) is 31.7 Å². The third-order valence-corrected chi connectivity index (χ3v) is 3.54. The summed E-state index contributed by atoms with van der Waals surface area (Å²) in [4.78, 5) is 0.348. The van der Waals surface area contributed by atoms with Crippen molar-refractivity contribution in [3.05, 3.63) is 23.5 Å². The second-order valence-corrected chi connectivity index (χ2v) is 4.49. The lowest BCUT2D eigenvalue weighted by Gasteiger charge is -2.14. The van der Waals surface area contributed by atoms with Crippen molar-refractivity contribution in [2.75, 3.05) is 12.8 Å². The first-order valence-corrected chi connectivity index (χ1v) is 6.25. The molecule has 82 valence electrons. The summed E-state index contributed by atoms with van der Waals surface area (Å²) in [5.41, 5.74) is 0.676. The highest BCUT2D eigenvalue weighted by atomic mass is 32.2. The van der Waals surface area contributed by atoms with Crippen LogP contribution < -0.4 is 5.32 Å². The molecular weight excluding hydrogens is 213 g/mol. The van der Waals surface area contributed by atoms with Crippen molar-refractivity contribution in [1.82, 2.24) is 5.32 Å². The Labute approximate surface area is 92.9 Å². The van der Waals surface area contributed by atoms with Gasteiger partial charge >= 0.3 is 0 Å². The van der Waals surface area contributed by atoms with Crippen LogP contribution in [-0.4, -0.2) is 17.9 Å². The highest BCUT2D eigenvalue weighted by Crippen LogP contribution is 2.35. The molecule has 0 bridgehead atoms. The molecule has 15 heavy (non-hydrogen) atoms. The monoisotopic (exact) mass is 227 g/mol. The highest BCUT2D eigenvalue weighted by molar-refractivity contribution is 7.98. The second-order valence-electron chi connectivity index (χ2n) is 3.67. The Balaban J connectivity index is 2.39. The van der Waals surface area contributed by atoms with Crippen LogP contribution in [0.5, 0.6) is 5.75 Å². The van der Waals surface area contributed by atoms with E-state index in [0.717, 1.165) is 19.4 Å². The molecule has 1 fully saturated rings. The zero-order chi connectivity index (χ0) is 10.8. The van der Waals surface area contributed by atoms with Crippen LogP contribution in [0.15, 0.2) is 17.0 Å². The number of phenols is 1. The van der Waals surface area contributed by atoms with Crippen LogP contribution in [0.2, 0.25) is 0 Å². The van der Waals surface area contributed by atoms with Gasteiger partial charge in [0.2, 0.25) is 0 Å². The average Bonchev–Trinajstić information content (AvgIpc) is 2.71. The normalized spacial score (nSPS) is 20.8. The molecule has 1 aliphatic rings. The van der Waals surface area contributed by atoms with Crippen LogP contribution in [0.4, 0.5) is 4.39 Å². The van der Waals surface area contributed by atoms with E-state index in [4.69, 9.17) is 0 Å². The molecule has 0 aromatic heterocycles. The van der Waals surface area contributed by atoms with Crippen LogP contribution in [-0.2, 0) is 0 Å². The number of rotatable bonds is 2. The van der Waals surface area contributed by atoms with Gasteiger partial charge in [-0.25, -0.2) is 4.39 Å². The lowest BCUT2D eigenvalue weighted by atomic mass is 10.0. The minimum Gasteiger partial charge on any atom is -0.507 e. The second kappa shape index (κ2) is 4.41. The minimum atomic E-state index is -0.276. The Kier molecular flexibility index (Phi) is 3.17. The van der Waals surface area contributed by atoms with Gasteiger partial charge in [0.05, 0.1) is 4.90 Å². The van der Waals surface area contributed by atoms with Gasteiger partial charge in [0, 0.05) is 11.6 Å². The number of hydrogen-bond donors (Lipinski definition) is 2. The van der Waals surface area contributed by atoms with Crippen molar-refractivity contribution < 1.29 is 9.50 Å². The number of hydrogen-bond acceptors (Lipinski definition) is 3. The molecule has 2 rings (SSSR count). The maximum Gasteiger partial charge on any atom is 0.145 e. The molecule has 0 amide bonds. The molecule has 4 heteroatoms. The van der Waals surface area contributed by atoms with Gasteiger partial charge < -0.3 is 10.4 Å². The first kappa shape index (κ1) is 10.8. The van der Waals surface area contributed by atoms with Crippen molar-refractivity contribution in [3.8, 4) is 5.75 Å². The number of thioether (sulfide) groups is 1. The molecular formula is C11H14FNOS. The Hall–Kier alpha value is -0.740. The molecule has 0 radical (unpaired) electrons. The summed E-state index contributed by atoms with van der Waals surface area (Å²) < 4.78 is 14.0. The Morgan fingerprint density at radius 2 is 2.33 bits per heavy atom. The summed E-state index contributed by atoms with van der Waals surface area (Å²) >= 11 is 1.24. The smallest absolute Gasteiger partial charge is 0.145 e. The summed E-state index contributed by atoms with van der Waals surface area (Å²) in [5.74, 6) is -0.247. The molecule has 1 aromatic rings. The molecule has 0 spiro atoms. The van der Waals surface area contributed by atoms with Crippen molar-refractivity contribution >= 4 is 11.8 Å². The van der Waals surface area contributed by atoms with E-state index in [1.807, 2.05) is 0 Å². The van der Waals surface area contributed by atoms with Crippen LogP contribution in [0.1, 0.15) is 24.4 Å². The van der Waals surface area contributed by atoms with E-state index >= 15 is 0 Å². The minimum absolute atomic E-state index is 0.0294. The number of benzene rings is 1. The molecule has 1 saturated heterocycles. The number of phenolic OH excluding ortho intramolecular Hbond substituents is 1. The molecule has 1 unspecified atom stereocenters. The van der Waals surface area contributed by atoms with E-state index in [1.54, 1.807) is 18.4 Å². The standard InChI is InChI=1S/C11H14FNOS/c1-15-11-9(14)5-4-7(10(11)12)8-3-2-6-13-8/h4-5,8,13-14H,2-3,6H2,1H3. The van der Waals surface area contributed by atoms with Crippen molar-refractivity contribution in [3.63, 3.8) is 0 Å². The summed E-state index contributed by atoms with van der Waals surface area (Å²) in [6.45, 7) is 0.944. The van der Waals surface area contributed by atoms with E-state index in [9.17, 15) is 9.50 Å². The van der Waals surface area contributed by atoms with E-state index in [-0.39, 0.29) is 17.6 Å². The third-order valence-electron chi connectivity index (χ3n) is 2.75. The molecule has 1 atom stereocenters. The maximum atomic E-state index is 14.0. The number of halogens is 1. The summed E-state index contributed by atoms with van der Waals surface area (Å²) in [7, 11) is 0. The van der Waals surface area contributed by atoms with Crippen molar-refractivity contribution in [2.24, 2.45) is 0 Å². The topological polar surface area (TPSA) is 32.3 Å².